The number of benzene rings is 1. The van der Waals surface area contributed by atoms with E-state index in [2.05, 4.69) is 4.98 Å². The molecule has 1 aromatic carbocycles. The highest BCUT2D eigenvalue weighted by atomic mass is 16.6. The molecule has 0 unspecified atom stereocenters. The average molecular weight is 511 g/mol. The van der Waals surface area contributed by atoms with Gasteiger partial charge in [0.05, 0.1) is 30.2 Å². The minimum Gasteiger partial charge on any atom is -0.444 e. The molecule has 1 aliphatic heterocycles. The van der Waals surface area contributed by atoms with Crippen molar-refractivity contribution in [3.8, 4) is 0 Å². The number of carbonyl (C=O) groups excluding carboxylic acids is 3. The van der Waals surface area contributed by atoms with Crippen LogP contribution in [-0.2, 0) is 38.8 Å². The van der Waals surface area contributed by atoms with E-state index in [1.165, 1.54) is 4.90 Å². The summed E-state index contributed by atoms with van der Waals surface area (Å²) >= 11 is 0. The summed E-state index contributed by atoms with van der Waals surface area (Å²) in [5.74, 6) is -0.522. The molecule has 9 heteroatoms. The topological polar surface area (TPSA) is 92.3 Å². The fraction of sp³-hybridized carbons (Fsp3) is 0.500. The fourth-order valence-corrected chi connectivity index (χ4v) is 4.36. The number of amides is 3. The van der Waals surface area contributed by atoms with Crippen molar-refractivity contribution in [2.45, 2.75) is 66.8 Å². The van der Waals surface area contributed by atoms with Crippen molar-refractivity contribution in [2.75, 3.05) is 30.5 Å². The lowest BCUT2D eigenvalue weighted by Crippen LogP contribution is -2.47. The number of rotatable bonds is 7. The van der Waals surface area contributed by atoms with E-state index in [0.29, 0.717) is 24.5 Å². The second-order valence-electron chi connectivity index (χ2n) is 10.7. The van der Waals surface area contributed by atoms with Crippen LogP contribution in [0.1, 0.15) is 58.4 Å². The highest BCUT2D eigenvalue weighted by Crippen LogP contribution is 2.39. The third-order valence-electron chi connectivity index (χ3n) is 6.28. The predicted molar refractivity (Wildman–Crippen MR) is 142 cm³/mol. The van der Waals surface area contributed by atoms with E-state index in [1.807, 2.05) is 58.0 Å². The Morgan fingerprint density at radius 3 is 2.41 bits per heavy atom. The zero-order valence-corrected chi connectivity index (χ0v) is 23.1. The molecule has 0 spiro atoms. The molecule has 0 aliphatic carbocycles. The molecule has 0 saturated carbocycles. The van der Waals surface area contributed by atoms with Crippen molar-refractivity contribution in [2.24, 2.45) is 5.41 Å². The second-order valence-corrected chi connectivity index (χ2v) is 10.7. The number of nitrogens with zero attached hydrogens (tertiary/aromatic N) is 4. The van der Waals surface area contributed by atoms with E-state index in [1.54, 1.807) is 44.0 Å². The summed E-state index contributed by atoms with van der Waals surface area (Å²) in [4.78, 5) is 48.8. The number of pyridine rings is 1. The maximum Gasteiger partial charge on any atom is 0.410 e. The van der Waals surface area contributed by atoms with E-state index < -0.39 is 17.1 Å². The van der Waals surface area contributed by atoms with Gasteiger partial charge in [0.2, 0.25) is 11.8 Å². The van der Waals surface area contributed by atoms with Crippen LogP contribution in [0, 0.1) is 5.41 Å². The van der Waals surface area contributed by atoms with Crippen LogP contribution in [0.15, 0.2) is 36.5 Å². The van der Waals surface area contributed by atoms with Crippen molar-refractivity contribution in [3.05, 3.63) is 53.3 Å². The first-order chi connectivity index (χ1) is 17.3. The Hall–Kier alpha value is -3.46. The number of hydrogen-bond acceptors (Lipinski definition) is 6. The summed E-state index contributed by atoms with van der Waals surface area (Å²) in [5, 5.41) is 0. The number of aromatic nitrogens is 1. The van der Waals surface area contributed by atoms with E-state index in [0.717, 1.165) is 16.8 Å². The van der Waals surface area contributed by atoms with Gasteiger partial charge in [0.15, 0.2) is 0 Å². The minimum absolute atomic E-state index is 0.231. The Bertz CT molecular complexity index is 1170. The molecule has 0 bridgehead atoms. The van der Waals surface area contributed by atoms with Gasteiger partial charge in [-0.05, 0) is 70.9 Å². The van der Waals surface area contributed by atoms with Crippen LogP contribution in [0.25, 0.3) is 0 Å². The van der Waals surface area contributed by atoms with E-state index in [4.69, 9.17) is 9.47 Å². The van der Waals surface area contributed by atoms with E-state index >= 15 is 0 Å². The molecule has 0 N–H and O–H groups in total. The maximum absolute atomic E-state index is 13.3. The summed E-state index contributed by atoms with van der Waals surface area (Å²) in [6, 6.07) is 9.31. The molecule has 0 radical (unpaired) electrons. The van der Waals surface area contributed by atoms with Gasteiger partial charge in [-0.1, -0.05) is 12.1 Å². The molecule has 0 saturated heterocycles. The maximum atomic E-state index is 13.3. The lowest BCUT2D eigenvalue weighted by atomic mass is 9.90. The van der Waals surface area contributed by atoms with Gasteiger partial charge in [-0.2, -0.15) is 0 Å². The van der Waals surface area contributed by atoms with Crippen molar-refractivity contribution >= 4 is 29.3 Å². The van der Waals surface area contributed by atoms with Gasteiger partial charge in [0, 0.05) is 33.4 Å². The predicted octanol–water partition coefficient (Wildman–Crippen LogP) is 4.52. The van der Waals surface area contributed by atoms with Gasteiger partial charge < -0.3 is 19.3 Å². The summed E-state index contributed by atoms with van der Waals surface area (Å²) in [6.07, 6.45) is 1.22. The van der Waals surface area contributed by atoms with Gasteiger partial charge >= 0.3 is 6.09 Å². The lowest BCUT2D eigenvalue weighted by molar-refractivity contribution is -0.137. The second kappa shape index (κ2) is 10.9. The smallest absolute Gasteiger partial charge is 0.410 e. The van der Waals surface area contributed by atoms with Crippen molar-refractivity contribution in [3.63, 3.8) is 0 Å². The first kappa shape index (κ1) is 28.1. The highest BCUT2D eigenvalue weighted by Gasteiger charge is 2.45. The summed E-state index contributed by atoms with van der Waals surface area (Å²) < 4.78 is 11.0. The Kier molecular flexibility index (Phi) is 8.27. The molecule has 3 rings (SSSR count). The van der Waals surface area contributed by atoms with Gasteiger partial charge in [-0.3, -0.25) is 19.5 Å². The molecule has 3 amide bonds. The number of carbonyl (C=O) groups is 3. The van der Waals surface area contributed by atoms with Crippen LogP contribution in [0.5, 0.6) is 0 Å². The van der Waals surface area contributed by atoms with Crippen LogP contribution in [0.4, 0.5) is 16.2 Å². The number of anilines is 2. The van der Waals surface area contributed by atoms with E-state index in [-0.39, 0.29) is 24.9 Å². The van der Waals surface area contributed by atoms with Gasteiger partial charge in [-0.25, -0.2) is 4.79 Å². The standard InChI is InChI=1S/C28H38N4O5/c1-9-32-22-13-12-19(15-23(22)30(7)24(33)28(5,6)25(32)34)16-31(26(35)37-27(2,3)4)17-20-11-10-14-29-21(20)18-36-8/h10-15H,9,16-18H2,1-8H3. The van der Waals surface area contributed by atoms with Crippen LogP contribution >= 0.6 is 0 Å². The van der Waals surface area contributed by atoms with Crippen molar-refractivity contribution < 1.29 is 23.9 Å². The Morgan fingerprint density at radius 1 is 1.08 bits per heavy atom. The van der Waals surface area contributed by atoms with Crippen molar-refractivity contribution in [1.82, 2.24) is 9.88 Å². The first-order valence-electron chi connectivity index (χ1n) is 12.4. The molecule has 2 aromatic rings. The number of ether oxygens (including phenoxy) is 2. The molecule has 200 valence electrons. The van der Waals surface area contributed by atoms with Crippen molar-refractivity contribution in [1.29, 1.82) is 0 Å². The van der Waals surface area contributed by atoms with Gasteiger partial charge in [0.1, 0.15) is 11.0 Å². The SMILES string of the molecule is CCN1C(=O)C(C)(C)C(=O)N(C)c2cc(CN(Cc3cccnc3COC)C(=O)OC(C)(C)C)ccc21. The molecule has 1 aromatic heterocycles. The number of fused-ring (bicyclic) bond motifs is 1. The highest BCUT2D eigenvalue weighted by molar-refractivity contribution is 6.19. The fourth-order valence-electron chi connectivity index (χ4n) is 4.36. The molecule has 2 heterocycles. The molecular formula is C28H38N4O5. The summed E-state index contributed by atoms with van der Waals surface area (Å²) in [6.45, 7) is 11.9. The zero-order chi connectivity index (χ0) is 27.5. The van der Waals surface area contributed by atoms with Crippen LogP contribution in [0.3, 0.4) is 0 Å². The van der Waals surface area contributed by atoms with Gasteiger partial charge in [0.25, 0.3) is 0 Å². The number of hydrogen-bond donors (Lipinski definition) is 0. The number of methoxy groups -OCH3 is 1. The van der Waals surface area contributed by atoms with E-state index in [9.17, 15) is 14.4 Å². The molecule has 0 atom stereocenters. The first-order valence-corrected chi connectivity index (χ1v) is 12.4. The normalized spacial score (nSPS) is 15.4. The van der Waals surface area contributed by atoms with Crippen LogP contribution in [0.2, 0.25) is 0 Å². The monoisotopic (exact) mass is 510 g/mol. The Morgan fingerprint density at radius 2 is 1.78 bits per heavy atom. The molecule has 0 fully saturated rings. The third kappa shape index (κ3) is 6.10. The van der Waals surface area contributed by atoms with Crippen LogP contribution in [-0.4, -0.2) is 54.1 Å². The Balaban J connectivity index is 2.01. The molecule has 9 nitrogen and oxygen atoms in total. The summed E-state index contributed by atoms with van der Waals surface area (Å²) in [7, 11) is 3.28. The zero-order valence-electron chi connectivity index (χ0n) is 23.1. The molecule has 37 heavy (non-hydrogen) atoms. The summed E-state index contributed by atoms with van der Waals surface area (Å²) in [5.41, 5.74) is 1.81. The largest absolute Gasteiger partial charge is 0.444 e. The molecular weight excluding hydrogens is 472 g/mol. The lowest BCUT2D eigenvalue weighted by Gasteiger charge is -2.29. The Labute approximate surface area is 219 Å². The quantitative estimate of drug-likeness (QED) is 0.509. The minimum atomic E-state index is -1.19. The van der Waals surface area contributed by atoms with Crippen LogP contribution < -0.4 is 9.80 Å². The van der Waals surface area contributed by atoms with Gasteiger partial charge in [-0.15, -0.1) is 0 Å². The molecule has 1 aliphatic rings. The third-order valence-corrected chi connectivity index (χ3v) is 6.28. The average Bonchev–Trinajstić information content (AvgIpc) is 2.88.